The molecule has 2 aromatic heterocycles. The number of aliphatic hydroxyl groups excluding tert-OH is 1. The molecule has 1 unspecified atom stereocenters. The number of rotatable bonds is 6. The Labute approximate surface area is 226 Å². The molecule has 7 nitrogen and oxygen atoms in total. The number of aryl methyl sites for hydroxylation is 2. The van der Waals surface area contributed by atoms with Gasteiger partial charge < -0.3 is 5.11 Å². The highest BCUT2D eigenvalue weighted by molar-refractivity contribution is 8.00. The average Bonchev–Trinajstić information content (AvgIpc) is 3.47. The molecule has 1 aliphatic heterocycles. The molecule has 0 aliphatic carbocycles. The van der Waals surface area contributed by atoms with Gasteiger partial charge in [0.15, 0.2) is 4.34 Å². The SMILES string of the molecule is Cc1ccc(C)c(/C(O)=C2\C(=O)C(=O)N(c3nnc(SCc4ccc(Cl)cc4)s3)C2c2cccnc2)c1. The molecule has 37 heavy (non-hydrogen) atoms. The maximum atomic E-state index is 13.3. The minimum Gasteiger partial charge on any atom is -0.507 e. The van der Waals surface area contributed by atoms with Crippen LogP contribution in [0.2, 0.25) is 5.02 Å². The zero-order valence-corrected chi connectivity index (χ0v) is 22.3. The van der Waals surface area contributed by atoms with Crippen molar-refractivity contribution >= 4 is 57.3 Å². The lowest BCUT2D eigenvalue weighted by molar-refractivity contribution is -0.132. The summed E-state index contributed by atoms with van der Waals surface area (Å²) in [7, 11) is 0. The molecule has 5 rings (SSSR count). The maximum absolute atomic E-state index is 13.3. The molecule has 10 heteroatoms. The van der Waals surface area contributed by atoms with Gasteiger partial charge in [0.05, 0.1) is 11.6 Å². The van der Waals surface area contributed by atoms with E-state index in [0.29, 0.717) is 26.2 Å². The van der Waals surface area contributed by atoms with E-state index in [0.717, 1.165) is 16.7 Å². The van der Waals surface area contributed by atoms with Gasteiger partial charge in [-0.25, -0.2) is 0 Å². The van der Waals surface area contributed by atoms with E-state index in [4.69, 9.17) is 11.6 Å². The monoisotopic (exact) mass is 548 g/mol. The van der Waals surface area contributed by atoms with E-state index >= 15 is 0 Å². The summed E-state index contributed by atoms with van der Waals surface area (Å²) >= 11 is 8.65. The van der Waals surface area contributed by atoms with E-state index in [-0.39, 0.29) is 16.5 Å². The lowest BCUT2D eigenvalue weighted by atomic mass is 9.94. The number of halogens is 1. The number of anilines is 1. The van der Waals surface area contributed by atoms with Gasteiger partial charge in [-0.3, -0.25) is 19.5 Å². The van der Waals surface area contributed by atoms with Gasteiger partial charge in [-0.1, -0.05) is 70.6 Å². The largest absolute Gasteiger partial charge is 0.507 e. The second-order valence-corrected chi connectivity index (χ2v) is 11.2. The van der Waals surface area contributed by atoms with Gasteiger partial charge in [-0.05, 0) is 54.8 Å². The van der Waals surface area contributed by atoms with Crippen LogP contribution in [0.3, 0.4) is 0 Å². The molecule has 1 atom stereocenters. The smallest absolute Gasteiger partial charge is 0.301 e. The molecule has 4 aromatic rings. The van der Waals surface area contributed by atoms with Gasteiger partial charge in [0, 0.05) is 28.7 Å². The Morgan fingerprint density at radius 2 is 1.89 bits per heavy atom. The number of thioether (sulfide) groups is 1. The average molecular weight is 549 g/mol. The molecule has 1 amide bonds. The number of pyridine rings is 1. The number of amides is 1. The molecule has 1 N–H and O–H groups in total. The molecular weight excluding hydrogens is 528 g/mol. The van der Waals surface area contributed by atoms with Crippen LogP contribution in [0.5, 0.6) is 0 Å². The second-order valence-electron chi connectivity index (χ2n) is 8.54. The van der Waals surface area contributed by atoms with Crippen LogP contribution < -0.4 is 4.90 Å². The molecule has 1 saturated heterocycles. The second kappa shape index (κ2) is 10.5. The summed E-state index contributed by atoms with van der Waals surface area (Å²) in [5.74, 6) is -1.13. The topological polar surface area (TPSA) is 96.3 Å². The molecule has 1 fully saturated rings. The lowest BCUT2D eigenvalue weighted by Gasteiger charge is -2.22. The van der Waals surface area contributed by atoms with Gasteiger partial charge in [-0.15, -0.1) is 10.2 Å². The number of hydrogen-bond donors (Lipinski definition) is 1. The van der Waals surface area contributed by atoms with Gasteiger partial charge in [0.25, 0.3) is 5.78 Å². The molecule has 0 bridgehead atoms. The van der Waals surface area contributed by atoms with Crippen LogP contribution in [0.4, 0.5) is 5.13 Å². The molecule has 0 spiro atoms. The lowest BCUT2D eigenvalue weighted by Crippen LogP contribution is -2.29. The van der Waals surface area contributed by atoms with Gasteiger partial charge in [-0.2, -0.15) is 0 Å². The Morgan fingerprint density at radius 3 is 2.62 bits per heavy atom. The van der Waals surface area contributed by atoms with Crippen LogP contribution in [-0.4, -0.2) is 32.0 Å². The van der Waals surface area contributed by atoms with E-state index < -0.39 is 17.7 Å². The van der Waals surface area contributed by atoms with E-state index in [1.165, 1.54) is 28.0 Å². The third-order valence-corrected chi connectivity index (χ3v) is 8.35. The summed E-state index contributed by atoms with van der Waals surface area (Å²) in [4.78, 5) is 32.2. The number of ketones is 1. The number of aromatic nitrogens is 3. The number of benzene rings is 2. The van der Waals surface area contributed by atoms with Crippen LogP contribution in [0, 0.1) is 13.8 Å². The minimum absolute atomic E-state index is 0.00253. The van der Waals surface area contributed by atoms with Crippen molar-refractivity contribution in [3.8, 4) is 0 Å². The molecule has 1 aliphatic rings. The van der Waals surface area contributed by atoms with E-state index in [1.54, 1.807) is 30.6 Å². The molecule has 0 saturated carbocycles. The number of nitrogens with zero attached hydrogens (tertiary/aromatic N) is 4. The standard InChI is InChI=1S/C27H21ClN4O3S2/c1-15-5-6-16(2)20(12-15)23(33)21-22(18-4-3-11-29-13-18)32(25(35)24(21)34)26-30-31-27(37-26)36-14-17-7-9-19(28)10-8-17/h3-13,22,33H,14H2,1-2H3/b23-21+. The highest BCUT2D eigenvalue weighted by atomic mass is 35.5. The highest BCUT2D eigenvalue weighted by Gasteiger charge is 2.48. The number of aliphatic hydroxyl groups is 1. The van der Waals surface area contributed by atoms with E-state index in [2.05, 4.69) is 15.2 Å². The van der Waals surface area contributed by atoms with Gasteiger partial charge in [0.1, 0.15) is 5.76 Å². The van der Waals surface area contributed by atoms with E-state index in [1.807, 2.05) is 50.2 Å². The van der Waals surface area contributed by atoms with Crippen molar-refractivity contribution in [3.05, 3.63) is 105 Å². The van der Waals surface area contributed by atoms with E-state index in [9.17, 15) is 14.7 Å². The Morgan fingerprint density at radius 1 is 1.11 bits per heavy atom. The Kier molecular flexibility index (Phi) is 7.10. The minimum atomic E-state index is -0.893. The van der Waals surface area contributed by atoms with Crippen LogP contribution in [0.1, 0.15) is 33.9 Å². The van der Waals surface area contributed by atoms with Crippen LogP contribution in [0.15, 0.2) is 76.9 Å². The van der Waals surface area contributed by atoms with Crippen molar-refractivity contribution in [2.24, 2.45) is 0 Å². The molecule has 2 aromatic carbocycles. The van der Waals surface area contributed by atoms with Crippen molar-refractivity contribution in [1.29, 1.82) is 0 Å². The summed E-state index contributed by atoms with van der Waals surface area (Å²) in [5.41, 5.74) is 3.86. The molecule has 3 heterocycles. The molecule has 0 radical (unpaired) electrons. The number of carbonyl (C=O) groups excluding carboxylic acids is 2. The zero-order valence-electron chi connectivity index (χ0n) is 19.9. The normalized spacial score (nSPS) is 16.9. The Hall–Kier alpha value is -3.53. The third kappa shape index (κ3) is 5.02. The van der Waals surface area contributed by atoms with Gasteiger partial charge >= 0.3 is 5.91 Å². The zero-order chi connectivity index (χ0) is 26.1. The van der Waals surface area contributed by atoms with Crippen molar-refractivity contribution in [3.63, 3.8) is 0 Å². The fourth-order valence-corrected chi connectivity index (χ4v) is 6.05. The summed E-state index contributed by atoms with van der Waals surface area (Å²) in [6, 6.07) is 15.7. The van der Waals surface area contributed by atoms with Gasteiger partial charge in [0.2, 0.25) is 5.13 Å². The number of hydrogen-bond acceptors (Lipinski definition) is 8. The molecule has 186 valence electrons. The van der Waals surface area contributed by atoms with Crippen molar-refractivity contribution < 1.29 is 14.7 Å². The Bertz CT molecular complexity index is 1520. The summed E-state index contributed by atoms with van der Waals surface area (Å²) in [5, 5.41) is 20.8. The first-order valence-corrected chi connectivity index (χ1v) is 13.5. The highest BCUT2D eigenvalue weighted by Crippen LogP contribution is 2.44. The third-order valence-electron chi connectivity index (χ3n) is 5.97. The summed E-state index contributed by atoms with van der Waals surface area (Å²) in [6.45, 7) is 3.75. The first kappa shape index (κ1) is 25.1. The predicted molar refractivity (Wildman–Crippen MR) is 146 cm³/mol. The number of carbonyl (C=O) groups is 2. The van der Waals surface area contributed by atoms with Crippen LogP contribution >= 0.6 is 34.7 Å². The quantitative estimate of drug-likeness (QED) is 0.102. The fraction of sp³-hybridized carbons (Fsp3) is 0.148. The first-order chi connectivity index (χ1) is 17.8. The number of Topliss-reactive ketones (excluding diaryl/α,β-unsaturated/α-hetero) is 1. The van der Waals surface area contributed by atoms with Crippen molar-refractivity contribution in [2.75, 3.05) is 4.90 Å². The fourth-order valence-electron chi connectivity index (χ4n) is 4.10. The molecular formula is C27H21ClN4O3S2. The maximum Gasteiger partial charge on any atom is 0.301 e. The van der Waals surface area contributed by atoms with Crippen molar-refractivity contribution in [2.45, 2.75) is 30.0 Å². The van der Waals surface area contributed by atoms with Crippen molar-refractivity contribution in [1.82, 2.24) is 15.2 Å². The summed E-state index contributed by atoms with van der Waals surface area (Å²) in [6.07, 6.45) is 3.19. The first-order valence-electron chi connectivity index (χ1n) is 11.3. The predicted octanol–water partition coefficient (Wildman–Crippen LogP) is 6.12. The van der Waals surface area contributed by atoms with Crippen LogP contribution in [0.25, 0.3) is 5.76 Å². The summed E-state index contributed by atoms with van der Waals surface area (Å²) < 4.78 is 0.645. The Balaban J connectivity index is 1.54. The van der Waals surface area contributed by atoms with Crippen LogP contribution in [-0.2, 0) is 15.3 Å².